The Labute approximate surface area is 220 Å². The van der Waals surface area contributed by atoms with Gasteiger partial charge in [-0.3, -0.25) is 29.8 Å². The second-order valence-electron chi connectivity index (χ2n) is 7.82. The van der Waals surface area contributed by atoms with Crippen LogP contribution in [0, 0.1) is 20.2 Å². The van der Waals surface area contributed by atoms with Crippen molar-refractivity contribution in [1.82, 2.24) is 10.7 Å². The number of nitro benzene ring substituents is 2. The van der Waals surface area contributed by atoms with Gasteiger partial charge in [-0.05, 0) is 36.8 Å². The minimum Gasteiger partial charge on any atom is -0.507 e. The van der Waals surface area contributed by atoms with Crippen LogP contribution < -0.4 is 15.5 Å². The Morgan fingerprint density at radius 2 is 1.62 bits per heavy atom. The lowest BCUT2D eigenvalue weighted by Crippen LogP contribution is -2.33. The molecule has 0 aliphatic rings. The van der Waals surface area contributed by atoms with Crippen LogP contribution in [0.25, 0.3) is 6.08 Å². The number of hydrogen-bond donors (Lipinski definition) is 4. The molecule has 39 heavy (non-hydrogen) atoms. The highest BCUT2D eigenvalue weighted by atomic mass is 16.6. The third-order valence-electron chi connectivity index (χ3n) is 5.24. The summed E-state index contributed by atoms with van der Waals surface area (Å²) >= 11 is 0. The van der Waals surface area contributed by atoms with Crippen LogP contribution in [-0.4, -0.2) is 44.7 Å². The molecule has 4 N–H and O–H groups in total. The van der Waals surface area contributed by atoms with Crippen LogP contribution >= 0.6 is 0 Å². The zero-order chi connectivity index (χ0) is 28.7. The molecule has 0 unspecified atom stereocenters. The normalized spacial score (nSPS) is 11.4. The molecular formula is C25H21N5O9. The Balaban J connectivity index is 1.98. The average Bonchev–Trinajstić information content (AvgIpc) is 2.91. The number of ether oxygens (including phenoxy) is 1. The van der Waals surface area contributed by atoms with E-state index in [1.54, 1.807) is 18.2 Å². The van der Waals surface area contributed by atoms with Gasteiger partial charge >= 0.3 is 11.4 Å². The maximum absolute atomic E-state index is 13.0. The fourth-order valence-electron chi connectivity index (χ4n) is 3.31. The van der Waals surface area contributed by atoms with Crippen molar-refractivity contribution < 1.29 is 34.4 Å². The highest BCUT2D eigenvalue weighted by molar-refractivity contribution is 6.07. The predicted octanol–water partition coefficient (Wildman–Crippen LogP) is 3.23. The summed E-state index contributed by atoms with van der Waals surface area (Å²) in [5.41, 5.74) is 0.930. The van der Waals surface area contributed by atoms with Crippen LogP contribution in [0.4, 0.5) is 11.4 Å². The molecule has 0 fully saturated rings. The van der Waals surface area contributed by atoms with Gasteiger partial charge in [-0.2, -0.15) is 5.10 Å². The Bertz CT molecular complexity index is 1520. The number of nitrogens with one attached hydrogen (secondary N) is 2. The molecule has 0 saturated heterocycles. The number of hydrogen-bond acceptors (Lipinski definition) is 10. The first-order chi connectivity index (χ1) is 18.5. The summed E-state index contributed by atoms with van der Waals surface area (Å²) in [6.45, 7) is 1.33. The molecule has 0 heterocycles. The lowest BCUT2D eigenvalue weighted by atomic mass is 10.1. The van der Waals surface area contributed by atoms with Crippen LogP contribution in [0.3, 0.4) is 0 Å². The third kappa shape index (κ3) is 6.71. The second kappa shape index (κ2) is 12.0. The second-order valence-corrected chi connectivity index (χ2v) is 7.82. The topological polar surface area (TPSA) is 207 Å². The molecule has 3 aromatic rings. The standard InChI is InChI=1S/C25H21N5O9/c1-14(17-12-19(29(35)36)22(32)13-21(17)31)27-28-25(34)18(26-24(33)16-6-4-3-5-7-16)10-15-8-9-23(39-2)20(11-15)30(37)38/h3-13,31-32H,1-2H3,(H,26,33)(H,28,34). The van der Waals surface area contributed by atoms with Crippen molar-refractivity contribution in [2.24, 2.45) is 5.10 Å². The third-order valence-corrected chi connectivity index (χ3v) is 5.24. The first-order valence-corrected chi connectivity index (χ1v) is 11.0. The molecule has 3 rings (SSSR count). The maximum Gasteiger partial charge on any atom is 0.311 e. The Morgan fingerprint density at radius 3 is 2.23 bits per heavy atom. The van der Waals surface area contributed by atoms with Gasteiger partial charge in [0.2, 0.25) is 0 Å². The maximum atomic E-state index is 13.0. The first kappa shape index (κ1) is 27.8. The summed E-state index contributed by atoms with van der Waals surface area (Å²) in [5.74, 6) is -2.93. The molecule has 0 radical (unpaired) electrons. The molecule has 14 nitrogen and oxygen atoms in total. The van der Waals surface area contributed by atoms with Crippen molar-refractivity contribution in [3.63, 3.8) is 0 Å². The smallest absolute Gasteiger partial charge is 0.311 e. The molecule has 0 aliphatic carbocycles. The van der Waals surface area contributed by atoms with E-state index < -0.39 is 38.8 Å². The number of aromatic hydroxyl groups is 2. The number of hydrazone groups is 1. The highest BCUT2D eigenvalue weighted by Crippen LogP contribution is 2.33. The summed E-state index contributed by atoms with van der Waals surface area (Å²) in [7, 11) is 1.26. The van der Waals surface area contributed by atoms with Gasteiger partial charge in [0, 0.05) is 29.3 Å². The average molecular weight is 535 g/mol. The molecule has 0 spiro atoms. The number of carbonyl (C=O) groups is 2. The number of carbonyl (C=O) groups excluding carboxylic acids is 2. The fraction of sp³-hybridized carbons (Fsp3) is 0.0800. The van der Waals surface area contributed by atoms with E-state index in [9.17, 15) is 40.0 Å². The number of nitrogens with zero attached hydrogens (tertiary/aromatic N) is 3. The van der Waals surface area contributed by atoms with Gasteiger partial charge < -0.3 is 20.3 Å². The minimum absolute atomic E-state index is 0.0144. The molecule has 14 heteroatoms. The number of benzene rings is 3. The lowest BCUT2D eigenvalue weighted by molar-refractivity contribution is -0.386. The molecule has 3 aromatic carbocycles. The SMILES string of the molecule is COc1ccc(C=C(NC(=O)c2ccccc2)C(=O)NN=C(C)c2cc([N+](=O)[O-])c(O)cc2O)cc1[N+](=O)[O-]. The van der Waals surface area contributed by atoms with E-state index in [0.717, 1.165) is 18.2 Å². The van der Waals surface area contributed by atoms with E-state index in [2.05, 4.69) is 15.8 Å². The minimum atomic E-state index is -0.954. The molecule has 2 amide bonds. The zero-order valence-electron chi connectivity index (χ0n) is 20.4. The first-order valence-electron chi connectivity index (χ1n) is 11.0. The van der Waals surface area contributed by atoms with Gasteiger partial charge in [0.1, 0.15) is 11.4 Å². The number of methoxy groups -OCH3 is 1. The fourth-order valence-corrected chi connectivity index (χ4v) is 3.31. The number of nitro groups is 2. The van der Waals surface area contributed by atoms with Crippen molar-refractivity contribution in [1.29, 1.82) is 0 Å². The van der Waals surface area contributed by atoms with Gasteiger partial charge in [0.15, 0.2) is 11.5 Å². The molecule has 0 atom stereocenters. The number of phenols is 2. The predicted molar refractivity (Wildman–Crippen MR) is 138 cm³/mol. The summed E-state index contributed by atoms with van der Waals surface area (Å²) in [6.07, 6.45) is 1.18. The van der Waals surface area contributed by atoms with Crippen molar-refractivity contribution in [3.05, 3.63) is 103 Å². The molecule has 200 valence electrons. The highest BCUT2D eigenvalue weighted by Gasteiger charge is 2.21. The Hall–Kier alpha value is -5.79. The van der Waals surface area contributed by atoms with Crippen molar-refractivity contribution >= 4 is 35.0 Å². The van der Waals surface area contributed by atoms with Crippen LogP contribution in [0.2, 0.25) is 0 Å². The van der Waals surface area contributed by atoms with Gasteiger partial charge in [0.25, 0.3) is 11.8 Å². The van der Waals surface area contributed by atoms with Gasteiger partial charge in [0.05, 0.1) is 22.7 Å². The summed E-state index contributed by atoms with van der Waals surface area (Å²) in [4.78, 5) is 46.8. The largest absolute Gasteiger partial charge is 0.507 e. The van der Waals surface area contributed by atoms with Crippen LogP contribution in [-0.2, 0) is 4.79 Å². The lowest BCUT2D eigenvalue weighted by Gasteiger charge is -2.11. The van der Waals surface area contributed by atoms with Crippen molar-refractivity contribution in [2.45, 2.75) is 6.92 Å². The molecule has 0 aromatic heterocycles. The monoisotopic (exact) mass is 535 g/mol. The van der Waals surface area contributed by atoms with Gasteiger partial charge in [-0.15, -0.1) is 0 Å². The van der Waals surface area contributed by atoms with Gasteiger partial charge in [-0.1, -0.05) is 24.3 Å². The van der Waals surface area contributed by atoms with E-state index in [1.165, 1.54) is 44.4 Å². The zero-order valence-corrected chi connectivity index (χ0v) is 20.4. The molecular weight excluding hydrogens is 514 g/mol. The van der Waals surface area contributed by atoms with E-state index >= 15 is 0 Å². The summed E-state index contributed by atoms with van der Waals surface area (Å²) in [5, 5.41) is 48.5. The van der Waals surface area contributed by atoms with Crippen LogP contribution in [0.1, 0.15) is 28.4 Å². The van der Waals surface area contributed by atoms with Crippen LogP contribution in [0.5, 0.6) is 17.2 Å². The van der Waals surface area contributed by atoms with Gasteiger partial charge in [-0.25, -0.2) is 5.43 Å². The van der Waals surface area contributed by atoms with Crippen molar-refractivity contribution in [2.75, 3.05) is 7.11 Å². The molecule has 0 aliphatic heterocycles. The number of phenolic OH excluding ortho intramolecular Hbond substituents is 2. The summed E-state index contributed by atoms with van der Waals surface area (Å²) < 4.78 is 4.98. The van der Waals surface area contributed by atoms with E-state index in [0.29, 0.717) is 0 Å². The Kier molecular flexibility index (Phi) is 8.53. The quantitative estimate of drug-likeness (QED) is 0.137. The van der Waals surface area contributed by atoms with E-state index in [-0.39, 0.29) is 39.5 Å². The summed E-state index contributed by atoms with van der Waals surface area (Å²) in [6, 6.07) is 13.5. The number of amides is 2. The Morgan fingerprint density at radius 1 is 0.949 bits per heavy atom. The van der Waals surface area contributed by atoms with E-state index in [1.807, 2.05) is 0 Å². The van der Waals surface area contributed by atoms with Crippen molar-refractivity contribution in [3.8, 4) is 17.2 Å². The molecule has 0 saturated carbocycles. The van der Waals surface area contributed by atoms with Crippen LogP contribution in [0.15, 0.2) is 71.5 Å². The van der Waals surface area contributed by atoms with E-state index in [4.69, 9.17) is 4.74 Å². The molecule has 0 bridgehead atoms. The number of rotatable bonds is 9.